The molecule has 0 saturated heterocycles. The van der Waals surface area contributed by atoms with E-state index in [9.17, 15) is 23.1 Å². The number of aliphatic carboxylic acids is 1. The van der Waals surface area contributed by atoms with Gasteiger partial charge in [0, 0.05) is 5.56 Å². The predicted octanol–water partition coefficient (Wildman–Crippen LogP) is 2.98. The second-order valence-corrected chi connectivity index (χ2v) is 4.64. The fourth-order valence-corrected chi connectivity index (χ4v) is 1.92. The van der Waals surface area contributed by atoms with Gasteiger partial charge in [0.15, 0.2) is 0 Å². The van der Waals surface area contributed by atoms with Crippen molar-refractivity contribution in [1.82, 2.24) is 0 Å². The zero-order valence-corrected chi connectivity index (χ0v) is 10.9. The Morgan fingerprint density at radius 2 is 1.80 bits per heavy atom. The van der Waals surface area contributed by atoms with Crippen molar-refractivity contribution in [3.63, 3.8) is 0 Å². The molecule has 1 aromatic carbocycles. The summed E-state index contributed by atoms with van der Waals surface area (Å²) in [6.45, 7) is 3.13. The topological polar surface area (TPSA) is 66.8 Å². The van der Waals surface area contributed by atoms with E-state index in [2.05, 4.69) is 4.74 Å². The van der Waals surface area contributed by atoms with Crippen LogP contribution in [0.1, 0.15) is 25.5 Å². The predicted molar refractivity (Wildman–Crippen MR) is 64.0 cm³/mol. The number of carboxylic acid groups (broad SMARTS) is 1. The fourth-order valence-electron chi connectivity index (χ4n) is 1.92. The van der Waals surface area contributed by atoms with Crippen LogP contribution < -0.4 is 4.74 Å². The molecule has 0 spiro atoms. The Hall–Kier alpha value is -1.76. The van der Waals surface area contributed by atoms with Crippen molar-refractivity contribution in [1.29, 1.82) is 0 Å². The fraction of sp³-hybridized carbons (Fsp3) is 0.462. The highest BCUT2D eigenvalue weighted by molar-refractivity contribution is 5.71. The van der Waals surface area contributed by atoms with E-state index in [0.29, 0.717) is 0 Å². The molecular formula is C13H15F3O4. The molecule has 1 rings (SSSR count). The van der Waals surface area contributed by atoms with Gasteiger partial charge in [-0.15, -0.1) is 13.2 Å². The number of hydrogen-bond donors (Lipinski definition) is 2. The lowest BCUT2D eigenvalue weighted by molar-refractivity contribution is -0.275. The molecule has 112 valence electrons. The molecular weight excluding hydrogens is 277 g/mol. The van der Waals surface area contributed by atoms with Crippen molar-refractivity contribution >= 4 is 5.97 Å². The summed E-state index contributed by atoms with van der Waals surface area (Å²) in [4.78, 5) is 11.1. The average Bonchev–Trinajstić information content (AvgIpc) is 2.26. The molecule has 7 heteroatoms. The van der Waals surface area contributed by atoms with Gasteiger partial charge in [0.2, 0.25) is 0 Å². The summed E-state index contributed by atoms with van der Waals surface area (Å²) in [6.07, 6.45) is -6.50. The standard InChI is InChI=1S/C13H15F3O4/c1-7(2)10(12(18)19)11(17)8-5-3-4-6-9(8)20-13(14,15)16/h3-7,10-11,17H,1-2H3,(H,18,19). The van der Waals surface area contributed by atoms with Crippen molar-refractivity contribution in [2.24, 2.45) is 11.8 Å². The van der Waals surface area contributed by atoms with E-state index in [4.69, 9.17) is 5.11 Å². The number of hydrogen-bond acceptors (Lipinski definition) is 3. The summed E-state index contributed by atoms with van der Waals surface area (Å²) in [5, 5.41) is 19.1. The van der Waals surface area contributed by atoms with Crippen LogP contribution in [0.5, 0.6) is 5.75 Å². The number of aliphatic hydroxyl groups is 1. The SMILES string of the molecule is CC(C)C(C(=O)O)C(O)c1ccccc1OC(F)(F)F. The minimum absolute atomic E-state index is 0.203. The second kappa shape index (κ2) is 6.13. The molecule has 2 atom stereocenters. The third kappa shape index (κ3) is 4.12. The molecule has 2 unspecified atom stereocenters. The first kappa shape index (κ1) is 16.3. The van der Waals surface area contributed by atoms with Gasteiger partial charge < -0.3 is 14.9 Å². The Morgan fingerprint density at radius 3 is 2.25 bits per heavy atom. The van der Waals surface area contributed by atoms with E-state index in [1.54, 1.807) is 13.8 Å². The second-order valence-electron chi connectivity index (χ2n) is 4.64. The zero-order chi connectivity index (χ0) is 15.5. The van der Waals surface area contributed by atoms with Gasteiger partial charge in [0.05, 0.1) is 12.0 Å². The van der Waals surface area contributed by atoms with Crippen LogP contribution >= 0.6 is 0 Å². The molecule has 0 saturated carbocycles. The zero-order valence-electron chi connectivity index (χ0n) is 10.9. The quantitative estimate of drug-likeness (QED) is 0.875. The highest BCUT2D eigenvalue weighted by Crippen LogP contribution is 2.36. The van der Waals surface area contributed by atoms with Crippen molar-refractivity contribution in [2.45, 2.75) is 26.3 Å². The van der Waals surface area contributed by atoms with Crippen LogP contribution in [-0.2, 0) is 4.79 Å². The summed E-state index contributed by atoms with van der Waals surface area (Å²) in [6, 6.07) is 4.96. The average molecular weight is 292 g/mol. The van der Waals surface area contributed by atoms with E-state index in [1.807, 2.05) is 0 Å². The molecule has 0 aliphatic carbocycles. The van der Waals surface area contributed by atoms with Crippen LogP contribution in [0.25, 0.3) is 0 Å². The van der Waals surface area contributed by atoms with Crippen LogP contribution in [0.4, 0.5) is 13.2 Å². The van der Waals surface area contributed by atoms with Crippen LogP contribution in [0, 0.1) is 11.8 Å². The van der Waals surface area contributed by atoms with Gasteiger partial charge in [-0.2, -0.15) is 0 Å². The minimum Gasteiger partial charge on any atom is -0.481 e. The first-order valence-corrected chi connectivity index (χ1v) is 5.89. The number of carboxylic acids is 1. The molecule has 4 nitrogen and oxygen atoms in total. The highest BCUT2D eigenvalue weighted by Gasteiger charge is 2.36. The third-order valence-electron chi connectivity index (χ3n) is 2.81. The Morgan fingerprint density at radius 1 is 1.25 bits per heavy atom. The Balaban J connectivity index is 3.15. The maximum atomic E-state index is 12.3. The van der Waals surface area contributed by atoms with Gasteiger partial charge in [0.1, 0.15) is 5.75 Å². The molecule has 20 heavy (non-hydrogen) atoms. The number of benzene rings is 1. The van der Waals surface area contributed by atoms with Gasteiger partial charge in [0.25, 0.3) is 0 Å². The molecule has 0 heterocycles. The van der Waals surface area contributed by atoms with Crippen molar-refractivity contribution in [2.75, 3.05) is 0 Å². The Kier molecular flexibility index (Phi) is 4.99. The van der Waals surface area contributed by atoms with Gasteiger partial charge in [-0.25, -0.2) is 0 Å². The number of para-hydroxylation sites is 1. The van der Waals surface area contributed by atoms with Crippen molar-refractivity contribution in [3.05, 3.63) is 29.8 Å². The summed E-state index contributed by atoms with van der Waals surface area (Å²) in [5.74, 6) is -3.57. The van der Waals surface area contributed by atoms with Gasteiger partial charge >= 0.3 is 12.3 Å². The van der Waals surface area contributed by atoms with Crippen LogP contribution in [-0.4, -0.2) is 22.5 Å². The first-order valence-electron chi connectivity index (χ1n) is 5.89. The molecule has 0 aliphatic rings. The van der Waals surface area contributed by atoms with Gasteiger partial charge in [-0.05, 0) is 12.0 Å². The molecule has 0 bridgehead atoms. The molecule has 0 amide bonds. The smallest absolute Gasteiger partial charge is 0.481 e. The summed E-state index contributed by atoms with van der Waals surface area (Å²) >= 11 is 0. The van der Waals surface area contributed by atoms with Crippen LogP contribution in [0.3, 0.4) is 0 Å². The van der Waals surface area contributed by atoms with Crippen LogP contribution in [0.2, 0.25) is 0 Å². The van der Waals surface area contributed by atoms with Crippen molar-refractivity contribution < 1.29 is 32.9 Å². The molecule has 0 radical (unpaired) electrons. The molecule has 0 aromatic heterocycles. The van der Waals surface area contributed by atoms with E-state index in [-0.39, 0.29) is 5.56 Å². The van der Waals surface area contributed by atoms with Gasteiger partial charge in [-0.3, -0.25) is 4.79 Å². The van der Waals surface area contributed by atoms with E-state index in [1.165, 1.54) is 18.2 Å². The maximum absolute atomic E-state index is 12.3. The lowest BCUT2D eigenvalue weighted by atomic mass is 9.86. The maximum Gasteiger partial charge on any atom is 0.573 e. The lowest BCUT2D eigenvalue weighted by Crippen LogP contribution is -2.28. The Bertz CT molecular complexity index is 471. The lowest BCUT2D eigenvalue weighted by Gasteiger charge is -2.24. The van der Waals surface area contributed by atoms with E-state index >= 15 is 0 Å². The first-order chi connectivity index (χ1) is 9.13. The van der Waals surface area contributed by atoms with E-state index < -0.39 is 36.0 Å². The summed E-state index contributed by atoms with van der Waals surface area (Å²) in [7, 11) is 0. The summed E-state index contributed by atoms with van der Waals surface area (Å²) < 4.78 is 40.7. The molecule has 0 aliphatic heterocycles. The van der Waals surface area contributed by atoms with Crippen molar-refractivity contribution in [3.8, 4) is 5.75 Å². The number of ether oxygens (including phenoxy) is 1. The van der Waals surface area contributed by atoms with Gasteiger partial charge in [-0.1, -0.05) is 32.0 Å². The number of alkyl halides is 3. The monoisotopic (exact) mass is 292 g/mol. The molecule has 2 N–H and O–H groups in total. The molecule has 1 aromatic rings. The largest absolute Gasteiger partial charge is 0.573 e. The Labute approximate surface area is 113 Å². The minimum atomic E-state index is -4.91. The summed E-state index contributed by atoms with van der Waals surface area (Å²) in [5.41, 5.74) is -0.203. The number of halogens is 3. The normalized spacial score (nSPS) is 14.9. The highest BCUT2D eigenvalue weighted by atomic mass is 19.4. The molecule has 0 fully saturated rings. The number of rotatable bonds is 5. The van der Waals surface area contributed by atoms with E-state index in [0.717, 1.165) is 6.07 Å². The third-order valence-corrected chi connectivity index (χ3v) is 2.81. The number of aliphatic hydroxyl groups excluding tert-OH is 1. The number of carbonyl (C=O) groups is 1. The van der Waals surface area contributed by atoms with Crippen LogP contribution in [0.15, 0.2) is 24.3 Å².